The number of aliphatic hydroxyl groups excluding tert-OH is 1. The van der Waals surface area contributed by atoms with Gasteiger partial charge in [0.2, 0.25) is 0 Å². The smallest absolute Gasteiger partial charge is 0.347 e. The summed E-state index contributed by atoms with van der Waals surface area (Å²) in [5.74, 6) is 0.683. The highest BCUT2D eigenvalue weighted by Gasteiger charge is 2.06. The first kappa shape index (κ1) is 12.3. The van der Waals surface area contributed by atoms with Gasteiger partial charge in [0.1, 0.15) is 5.75 Å². The molecular weight excluding hydrogens is 232 g/mol. The van der Waals surface area contributed by atoms with Crippen LogP contribution in [0.2, 0.25) is 0 Å². The molecule has 1 aromatic heterocycles. The minimum Gasteiger partial charge on any atom is -0.496 e. The zero-order valence-corrected chi connectivity index (χ0v) is 10.0. The first-order chi connectivity index (χ1) is 8.74. The molecule has 0 fully saturated rings. The number of rotatable bonds is 4. The maximum absolute atomic E-state index is 11.5. The fourth-order valence-electron chi connectivity index (χ4n) is 1.74. The van der Waals surface area contributed by atoms with Crippen molar-refractivity contribution in [3.8, 4) is 5.75 Å². The van der Waals surface area contributed by atoms with Gasteiger partial charge in [-0.3, -0.25) is 4.57 Å². The van der Waals surface area contributed by atoms with E-state index in [9.17, 15) is 4.79 Å². The lowest BCUT2D eigenvalue weighted by molar-refractivity contribution is 0.281. The van der Waals surface area contributed by atoms with E-state index in [0.717, 1.165) is 11.1 Å². The van der Waals surface area contributed by atoms with Gasteiger partial charge in [-0.15, -0.1) is 0 Å². The Bertz CT molecular complexity index is 593. The lowest BCUT2D eigenvalue weighted by atomic mass is 10.1. The number of ether oxygens (including phenoxy) is 1. The average molecular weight is 246 g/mol. The summed E-state index contributed by atoms with van der Waals surface area (Å²) in [6.07, 6.45) is 3.13. The number of hydrogen-bond donors (Lipinski definition) is 1. The van der Waals surface area contributed by atoms with Crippen LogP contribution in [0.4, 0.5) is 0 Å². The van der Waals surface area contributed by atoms with Crippen LogP contribution in [-0.4, -0.2) is 21.8 Å². The van der Waals surface area contributed by atoms with Crippen molar-refractivity contribution in [2.24, 2.45) is 0 Å². The number of hydrogen-bond acceptors (Lipinski definition) is 4. The number of nitrogens with zero attached hydrogens (tertiary/aromatic N) is 2. The van der Waals surface area contributed by atoms with Crippen LogP contribution >= 0.6 is 0 Å². The van der Waals surface area contributed by atoms with Gasteiger partial charge in [-0.2, -0.15) is 0 Å². The van der Waals surface area contributed by atoms with Crippen LogP contribution in [0.15, 0.2) is 41.5 Å². The molecular formula is C13H14N2O3. The molecule has 5 heteroatoms. The van der Waals surface area contributed by atoms with E-state index in [2.05, 4.69) is 4.98 Å². The van der Waals surface area contributed by atoms with Crippen LogP contribution in [0.25, 0.3) is 0 Å². The molecule has 1 N–H and O–H groups in total. The first-order valence-electron chi connectivity index (χ1n) is 5.52. The lowest BCUT2D eigenvalue weighted by Gasteiger charge is -2.11. The summed E-state index contributed by atoms with van der Waals surface area (Å²) in [6, 6.07) is 7.08. The lowest BCUT2D eigenvalue weighted by Crippen LogP contribution is -2.22. The molecule has 0 aliphatic carbocycles. The highest BCUT2D eigenvalue weighted by molar-refractivity contribution is 5.37. The second-order valence-corrected chi connectivity index (χ2v) is 3.83. The van der Waals surface area contributed by atoms with Crippen molar-refractivity contribution in [2.45, 2.75) is 13.2 Å². The number of aliphatic hydroxyl groups is 1. The molecule has 0 saturated carbocycles. The van der Waals surface area contributed by atoms with Gasteiger partial charge in [0.25, 0.3) is 0 Å². The first-order valence-corrected chi connectivity index (χ1v) is 5.52. The van der Waals surface area contributed by atoms with Gasteiger partial charge in [-0.1, -0.05) is 6.07 Å². The number of methoxy groups -OCH3 is 1. The molecule has 0 aliphatic heterocycles. The predicted molar refractivity (Wildman–Crippen MR) is 66.5 cm³/mol. The Morgan fingerprint density at radius 1 is 1.44 bits per heavy atom. The van der Waals surface area contributed by atoms with Gasteiger partial charge in [0, 0.05) is 18.0 Å². The van der Waals surface area contributed by atoms with Crippen molar-refractivity contribution in [1.29, 1.82) is 0 Å². The molecule has 5 nitrogen and oxygen atoms in total. The molecule has 0 bridgehead atoms. The van der Waals surface area contributed by atoms with Crippen LogP contribution in [0.1, 0.15) is 11.1 Å². The van der Waals surface area contributed by atoms with E-state index in [1.165, 1.54) is 10.8 Å². The van der Waals surface area contributed by atoms with Crippen LogP contribution < -0.4 is 10.4 Å². The van der Waals surface area contributed by atoms with Gasteiger partial charge in [-0.25, -0.2) is 9.78 Å². The molecule has 0 atom stereocenters. The Morgan fingerprint density at radius 2 is 2.28 bits per heavy atom. The molecule has 0 unspecified atom stereocenters. The Labute approximate surface area is 104 Å². The number of benzene rings is 1. The maximum Gasteiger partial charge on any atom is 0.347 e. The summed E-state index contributed by atoms with van der Waals surface area (Å²) in [5.41, 5.74) is 1.30. The summed E-state index contributed by atoms with van der Waals surface area (Å²) >= 11 is 0. The third-order valence-electron chi connectivity index (χ3n) is 2.65. The SMILES string of the molecule is COc1ccc(CO)cc1Cn1cccnc1=O. The highest BCUT2D eigenvalue weighted by atomic mass is 16.5. The van der Waals surface area contributed by atoms with Crippen molar-refractivity contribution >= 4 is 0 Å². The third kappa shape index (κ3) is 2.57. The standard InChI is InChI=1S/C13H14N2O3/c1-18-12-4-3-10(9-16)7-11(12)8-15-6-2-5-14-13(15)17/h2-7,16H,8-9H2,1H3. The Hall–Kier alpha value is -2.14. The fraction of sp³-hybridized carbons (Fsp3) is 0.231. The van der Waals surface area contributed by atoms with Gasteiger partial charge in [0.05, 0.1) is 20.3 Å². The van der Waals surface area contributed by atoms with E-state index in [4.69, 9.17) is 9.84 Å². The molecule has 0 radical (unpaired) electrons. The highest BCUT2D eigenvalue weighted by Crippen LogP contribution is 2.20. The largest absolute Gasteiger partial charge is 0.496 e. The third-order valence-corrected chi connectivity index (χ3v) is 2.65. The van der Waals surface area contributed by atoms with Crippen molar-refractivity contribution in [3.05, 3.63) is 58.3 Å². The molecule has 0 amide bonds. The Morgan fingerprint density at radius 3 is 2.94 bits per heavy atom. The Kier molecular flexibility index (Phi) is 3.74. The van der Waals surface area contributed by atoms with E-state index >= 15 is 0 Å². The fourth-order valence-corrected chi connectivity index (χ4v) is 1.74. The summed E-state index contributed by atoms with van der Waals surface area (Å²) in [5, 5.41) is 9.12. The predicted octanol–water partition coefficient (Wildman–Crippen LogP) is 0.792. The van der Waals surface area contributed by atoms with Gasteiger partial charge in [-0.05, 0) is 23.8 Å². The van der Waals surface area contributed by atoms with E-state index in [1.54, 1.807) is 31.5 Å². The molecule has 1 aromatic carbocycles. The molecule has 0 aliphatic rings. The van der Waals surface area contributed by atoms with Gasteiger partial charge < -0.3 is 9.84 Å². The molecule has 0 saturated heterocycles. The average Bonchev–Trinajstić information content (AvgIpc) is 2.41. The molecule has 2 aromatic rings. The summed E-state index contributed by atoms with van der Waals surface area (Å²) in [7, 11) is 1.57. The van der Waals surface area contributed by atoms with Crippen molar-refractivity contribution in [1.82, 2.24) is 9.55 Å². The van der Waals surface area contributed by atoms with E-state index in [1.807, 2.05) is 6.07 Å². The maximum atomic E-state index is 11.5. The molecule has 1 heterocycles. The topological polar surface area (TPSA) is 64.3 Å². The van der Waals surface area contributed by atoms with Crippen molar-refractivity contribution < 1.29 is 9.84 Å². The normalized spacial score (nSPS) is 10.3. The van der Waals surface area contributed by atoms with Crippen LogP contribution in [0.3, 0.4) is 0 Å². The number of aromatic nitrogens is 2. The minimum absolute atomic E-state index is 0.0427. The van der Waals surface area contributed by atoms with Gasteiger partial charge >= 0.3 is 5.69 Å². The molecule has 18 heavy (non-hydrogen) atoms. The van der Waals surface area contributed by atoms with E-state index in [-0.39, 0.29) is 12.3 Å². The zero-order valence-electron chi connectivity index (χ0n) is 10.0. The van der Waals surface area contributed by atoms with Crippen LogP contribution in [0, 0.1) is 0 Å². The Balaban J connectivity index is 2.38. The second-order valence-electron chi connectivity index (χ2n) is 3.83. The van der Waals surface area contributed by atoms with Gasteiger partial charge in [0.15, 0.2) is 0 Å². The monoisotopic (exact) mass is 246 g/mol. The van der Waals surface area contributed by atoms with Crippen LogP contribution in [0.5, 0.6) is 5.75 Å². The minimum atomic E-state index is -0.311. The van der Waals surface area contributed by atoms with Crippen molar-refractivity contribution in [2.75, 3.05) is 7.11 Å². The quantitative estimate of drug-likeness (QED) is 0.866. The molecule has 0 spiro atoms. The molecule has 94 valence electrons. The van der Waals surface area contributed by atoms with Crippen molar-refractivity contribution in [3.63, 3.8) is 0 Å². The summed E-state index contributed by atoms with van der Waals surface area (Å²) < 4.78 is 6.72. The summed E-state index contributed by atoms with van der Waals surface area (Å²) in [6.45, 7) is 0.322. The second kappa shape index (κ2) is 5.46. The van der Waals surface area contributed by atoms with E-state index in [0.29, 0.717) is 12.3 Å². The van der Waals surface area contributed by atoms with Crippen LogP contribution in [-0.2, 0) is 13.2 Å². The summed E-state index contributed by atoms with van der Waals surface area (Å²) in [4.78, 5) is 15.2. The van der Waals surface area contributed by atoms with E-state index < -0.39 is 0 Å². The molecule has 2 rings (SSSR count). The zero-order chi connectivity index (χ0) is 13.0.